The molecule has 0 aliphatic carbocycles. The third kappa shape index (κ3) is 5.14. The van der Waals surface area contributed by atoms with Gasteiger partial charge in [0.2, 0.25) is 0 Å². The van der Waals surface area contributed by atoms with Crippen LogP contribution >= 0.6 is 0 Å². The molecule has 1 N–H and O–H groups in total. The van der Waals surface area contributed by atoms with E-state index in [4.69, 9.17) is 0 Å². The van der Waals surface area contributed by atoms with Gasteiger partial charge in [-0.05, 0) is 23.6 Å². The summed E-state index contributed by atoms with van der Waals surface area (Å²) in [6.07, 6.45) is 6.09. The highest BCUT2D eigenvalue weighted by Gasteiger charge is 2.14. The van der Waals surface area contributed by atoms with E-state index in [1.165, 1.54) is 5.56 Å². The Hall–Kier alpha value is -3.22. The van der Waals surface area contributed by atoms with E-state index < -0.39 is 0 Å². The van der Waals surface area contributed by atoms with Crippen LogP contribution < -0.4 is 5.32 Å². The largest absolute Gasteiger partial charge is 0.332 e. The van der Waals surface area contributed by atoms with Gasteiger partial charge < -0.3 is 10.2 Å². The van der Waals surface area contributed by atoms with Gasteiger partial charge in [0.15, 0.2) is 0 Å². The van der Waals surface area contributed by atoms with Crippen LogP contribution in [0.3, 0.4) is 0 Å². The first-order chi connectivity index (χ1) is 12.7. The molecule has 7 nitrogen and oxygen atoms in total. The minimum Gasteiger partial charge on any atom is -0.332 e. The number of amides is 2. The summed E-state index contributed by atoms with van der Waals surface area (Å²) in [7, 11) is 1.80. The number of benzene rings is 1. The standard InChI is InChI=1S/C19H22N6O/c1-24-15-18(22-23-24)13-21-19(26)25(14-17-8-5-10-20-12-17)11-9-16-6-3-2-4-7-16/h2-8,10,12,15H,9,11,13-14H2,1H3,(H,21,26). The lowest BCUT2D eigenvalue weighted by atomic mass is 10.1. The number of nitrogens with one attached hydrogen (secondary N) is 1. The van der Waals surface area contributed by atoms with Crippen molar-refractivity contribution in [3.8, 4) is 0 Å². The Morgan fingerprint density at radius 1 is 1.15 bits per heavy atom. The molecule has 1 aromatic carbocycles. The predicted molar refractivity (Wildman–Crippen MR) is 98.0 cm³/mol. The molecule has 2 aromatic heterocycles. The molecule has 0 bridgehead atoms. The monoisotopic (exact) mass is 350 g/mol. The van der Waals surface area contributed by atoms with Crippen molar-refractivity contribution in [3.63, 3.8) is 0 Å². The Labute approximate surface area is 152 Å². The summed E-state index contributed by atoms with van der Waals surface area (Å²) in [5, 5.41) is 10.8. The fourth-order valence-corrected chi connectivity index (χ4v) is 2.63. The van der Waals surface area contributed by atoms with Gasteiger partial charge in [0.1, 0.15) is 5.69 Å². The maximum absolute atomic E-state index is 12.7. The molecule has 2 amide bonds. The van der Waals surface area contributed by atoms with Crippen LogP contribution in [0.15, 0.2) is 61.1 Å². The van der Waals surface area contributed by atoms with Gasteiger partial charge in [-0.25, -0.2) is 4.79 Å². The minimum absolute atomic E-state index is 0.129. The maximum atomic E-state index is 12.7. The van der Waals surface area contributed by atoms with Crippen LogP contribution in [-0.4, -0.2) is 37.5 Å². The summed E-state index contributed by atoms with van der Waals surface area (Å²) in [6.45, 7) is 1.47. The van der Waals surface area contributed by atoms with Gasteiger partial charge in [0.05, 0.1) is 6.54 Å². The van der Waals surface area contributed by atoms with Crippen molar-refractivity contribution in [1.29, 1.82) is 0 Å². The number of aromatic nitrogens is 4. The predicted octanol–water partition coefficient (Wildman–Crippen LogP) is 2.16. The molecule has 0 atom stereocenters. The number of carbonyl (C=O) groups excluding carboxylic acids is 1. The molecule has 7 heteroatoms. The number of hydrogen-bond donors (Lipinski definition) is 1. The van der Waals surface area contributed by atoms with Gasteiger partial charge in [0, 0.05) is 38.7 Å². The lowest BCUT2D eigenvalue weighted by molar-refractivity contribution is 0.195. The molecule has 0 radical (unpaired) electrons. The van der Waals surface area contributed by atoms with Crippen LogP contribution in [-0.2, 0) is 26.6 Å². The van der Waals surface area contributed by atoms with E-state index in [1.54, 1.807) is 35.2 Å². The number of hydrogen-bond acceptors (Lipinski definition) is 4. The third-order valence-corrected chi connectivity index (χ3v) is 3.97. The average molecular weight is 350 g/mol. The second-order valence-electron chi connectivity index (χ2n) is 6.06. The van der Waals surface area contributed by atoms with Gasteiger partial charge in [-0.3, -0.25) is 9.67 Å². The fourth-order valence-electron chi connectivity index (χ4n) is 2.63. The van der Waals surface area contributed by atoms with E-state index in [1.807, 2.05) is 30.3 Å². The van der Waals surface area contributed by atoms with Gasteiger partial charge in [-0.15, -0.1) is 5.10 Å². The van der Waals surface area contributed by atoms with Crippen molar-refractivity contribution in [3.05, 3.63) is 77.9 Å². The maximum Gasteiger partial charge on any atom is 0.318 e. The molecule has 0 spiro atoms. The molecule has 3 aromatic rings. The van der Waals surface area contributed by atoms with E-state index in [-0.39, 0.29) is 6.03 Å². The molecule has 0 aliphatic rings. The summed E-state index contributed by atoms with van der Waals surface area (Å²) in [6, 6.07) is 13.9. The molecule has 0 saturated carbocycles. The molecular weight excluding hydrogens is 328 g/mol. The Bertz CT molecular complexity index is 818. The Morgan fingerprint density at radius 3 is 2.65 bits per heavy atom. The zero-order chi connectivity index (χ0) is 18.2. The zero-order valence-corrected chi connectivity index (χ0v) is 14.7. The molecular formula is C19H22N6O. The summed E-state index contributed by atoms with van der Waals surface area (Å²) < 4.78 is 1.62. The Morgan fingerprint density at radius 2 is 1.96 bits per heavy atom. The quantitative estimate of drug-likeness (QED) is 0.708. The number of pyridine rings is 1. The van der Waals surface area contributed by atoms with Gasteiger partial charge >= 0.3 is 6.03 Å². The van der Waals surface area contributed by atoms with E-state index in [0.29, 0.717) is 19.6 Å². The average Bonchev–Trinajstić information content (AvgIpc) is 3.10. The van der Waals surface area contributed by atoms with Crippen LogP contribution in [0.4, 0.5) is 4.79 Å². The van der Waals surface area contributed by atoms with Gasteiger partial charge in [0.25, 0.3) is 0 Å². The summed E-state index contributed by atoms with van der Waals surface area (Å²) >= 11 is 0. The van der Waals surface area contributed by atoms with Crippen molar-refractivity contribution in [2.75, 3.05) is 6.54 Å². The van der Waals surface area contributed by atoms with Crippen molar-refractivity contribution in [1.82, 2.24) is 30.2 Å². The van der Waals surface area contributed by atoms with Crippen molar-refractivity contribution in [2.24, 2.45) is 7.05 Å². The van der Waals surface area contributed by atoms with Crippen LogP contribution in [0.2, 0.25) is 0 Å². The van der Waals surface area contributed by atoms with Crippen molar-refractivity contribution >= 4 is 6.03 Å². The van der Waals surface area contributed by atoms with Gasteiger partial charge in [-0.2, -0.15) is 0 Å². The zero-order valence-electron chi connectivity index (χ0n) is 14.7. The molecule has 26 heavy (non-hydrogen) atoms. The first-order valence-electron chi connectivity index (χ1n) is 8.51. The number of nitrogens with zero attached hydrogens (tertiary/aromatic N) is 5. The molecule has 2 heterocycles. The fraction of sp³-hybridized carbons (Fsp3) is 0.263. The Balaban J connectivity index is 1.63. The molecule has 0 saturated heterocycles. The SMILES string of the molecule is Cn1cc(CNC(=O)N(CCc2ccccc2)Cc2cccnc2)nn1. The van der Waals surface area contributed by atoms with E-state index in [9.17, 15) is 4.79 Å². The van der Waals surface area contributed by atoms with Crippen LogP contribution in [0.1, 0.15) is 16.8 Å². The lowest BCUT2D eigenvalue weighted by Gasteiger charge is -2.23. The minimum atomic E-state index is -0.129. The second kappa shape index (κ2) is 8.75. The second-order valence-corrected chi connectivity index (χ2v) is 6.06. The van der Waals surface area contributed by atoms with Crippen LogP contribution in [0, 0.1) is 0 Å². The smallest absolute Gasteiger partial charge is 0.318 e. The molecule has 0 fully saturated rings. The van der Waals surface area contributed by atoms with Crippen LogP contribution in [0.25, 0.3) is 0 Å². The van der Waals surface area contributed by atoms with Crippen molar-refractivity contribution in [2.45, 2.75) is 19.5 Å². The highest BCUT2D eigenvalue weighted by atomic mass is 16.2. The molecule has 3 rings (SSSR count). The number of aryl methyl sites for hydroxylation is 1. The normalized spacial score (nSPS) is 10.5. The number of urea groups is 1. The first kappa shape index (κ1) is 17.6. The molecule has 0 aliphatic heterocycles. The van der Waals surface area contributed by atoms with Crippen molar-refractivity contribution < 1.29 is 4.79 Å². The number of rotatable bonds is 7. The summed E-state index contributed by atoms with van der Waals surface area (Å²) in [5.41, 5.74) is 2.92. The molecule has 134 valence electrons. The number of carbonyl (C=O) groups is 1. The van der Waals surface area contributed by atoms with E-state index in [2.05, 4.69) is 32.7 Å². The summed E-state index contributed by atoms with van der Waals surface area (Å²) in [4.78, 5) is 18.6. The highest BCUT2D eigenvalue weighted by molar-refractivity contribution is 5.74. The van der Waals surface area contributed by atoms with Gasteiger partial charge in [-0.1, -0.05) is 41.6 Å². The first-order valence-corrected chi connectivity index (χ1v) is 8.51. The third-order valence-electron chi connectivity index (χ3n) is 3.97. The van der Waals surface area contributed by atoms with E-state index >= 15 is 0 Å². The van der Waals surface area contributed by atoms with E-state index in [0.717, 1.165) is 17.7 Å². The Kier molecular flexibility index (Phi) is 5.92. The highest BCUT2D eigenvalue weighted by Crippen LogP contribution is 2.07. The topological polar surface area (TPSA) is 75.9 Å². The van der Waals surface area contributed by atoms with Crippen LogP contribution in [0.5, 0.6) is 0 Å². The summed E-state index contributed by atoms with van der Waals surface area (Å²) in [5.74, 6) is 0. The lowest BCUT2D eigenvalue weighted by Crippen LogP contribution is -2.40. The molecule has 0 unspecified atom stereocenters.